The van der Waals surface area contributed by atoms with Crippen molar-refractivity contribution in [2.45, 2.75) is 32.6 Å². The Bertz CT molecular complexity index is 835. The molecular weight excluding hydrogens is 326 g/mol. The summed E-state index contributed by atoms with van der Waals surface area (Å²) < 4.78 is 5.23. The Morgan fingerprint density at radius 1 is 1.21 bits per heavy atom. The lowest BCUT2D eigenvalue weighted by atomic mass is 9.67. The number of hydrogen-bond acceptors (Lipinski definition) is 4. The van der Waals surface area contributed by atoms with Crippen LogP contribution in [0.1, 0.15) is 38.2 Å². The van der Waals surface area contributed by atoms with Crippen molar-refractivity contribution in [1.82, 2.24) is 5.32 Å². The number of halogens is 1. The van der Waals surface area contributed by atoms with Gasteiger partial charge in [-0.25, -0.2) is 4.79 Å². The Balaban J connectivity index is 1.92. The minimum Gasteiger partial charge on any atom is -0.456 e. The first kappa shape index (κ1) is 15.5. The average Bonchev–Trinajstić information content (AvgIpc) is 2.91. The molecule has 1 atom stereocenters. The predicted molar refractivity (Wildman–Crippen MR) is 90.4 cm³/mol. The summed E-state index contributed by atoms with van der Waals surface area (Å²) in [5, 5.41) is 3.88. The summed E-state index contributed by atoms with van der Waals surface area (Å²) in [6, 6.07) is 7.38. The molecule has 0 radical (unpaired) electrons. The number of cyclic esters (lactones) is 1. The number of Topliss-reactive ketones (excluding diaryl/α,β-unsaturated/α-hetero) is 1. The molecule has 0 amide bonds. The van der Waals surface area contributed by atoms with Crippen molar-refractivity contribution < 1.29 is 14.3 Å². The smallest absolute Gasteiger partial charge is 0.337 e. The highest BCUT2D eigenvalue weighted by Gasteiger charge is 2.47. The highest BCUT2D eigenvalue weighted by Crippen LogP contribution is 2.48. The summed E-state index contributed by atoms with van der Waals surface area (Å²) in [6.07, 6.45) is 1.58. The Morgan fingerprint density at radius 3 is 2.75 bits per heavy atom. The molecule has 0 saturated carbocycles. The zero-order valence-electron chi connectivity index (χ0n) is 13.6. The normalized spacial score (nSPS) is 25.2. The molecule has 1 unspecified atom stereocenters. The van der Waals surface area contributed by atoms with E-state index in [0.29, 0.717) is 16.2 Å². The van der Waals surface area contributed by atoms with Crippen molar-refractivity contribution in [2.24, 2.45) is 5.41 Å². The number of nitrogens with one attached hydrogen (secondary N) is 1. The summed E-state index contributed by atoms with van der Waals surface area (Å²) in [7, 11) is 0. The molecular formula is C19H18ClNO3. The third-order valence-electron chi connectivity index (χ3n) is 5.14. The van der Waals surface area contributed by atoms with Crippen molar-refractivity contribution in [3.63, 3.8) is 0 Å². The number of allylic oxidation sites excluding steroid dienone is 2. The number of carbonyl (C=O) groups excluding carboxylic acids is 2. The fraction of sp³-hybridized carbons (Fsp3) is 0.368. The van der Waals surface area contributed by atoms with E-state index in [1.165, 1.54) is 0 Å². The summed E-state index contributed by atoms with van der Waals surface area (Å²) in [5.41, 5.74) is 3.34. The van der Waals surface area contributed by atoms with E-state index in [4.69, 9.17) is 16.3 Å². The van der Waals surface area contributed by atoms with Gasteiger partial charge in [0.15, 0.2) is 5.78 Å². The van der Waals surface area contributed by atoms with Gasteiger partial charge in [0.1, 0.15) is 6.61 Å². The fourth-order valence-corrected chi connectivity index (χ4v) is 3.98. The third-order valence-corrected chi connectivity index (χ3v) is 5.37. The van der Waals surface area contributed by atoms with Crippen molar-refractivity contribution in [1.29, 1.82) is 0 Å². The minimum absolute atomic E-state index is 0.0903. The van der Waals surface area contributed by atoms with Crippen molar-refractivity contribution in [3.05, 3.63) is 57.4 Å². The maximum atomic E-state index is 13.1. The Morgan fingerprint density at radius 2 is 2.00 bits per heavy atom. The summed E-state index contributed by atoms with van der Waals surface area (Å²) in [6.45, 7) is 4.16. The number of rotatable bonds is 1. The van der Waals surface area contributed by atoms with Gasteiger partial charge < -0.3 is 10.1 Å². The van der Waals surface area contributed by atoms with Crippen LogP contribution in [-0.4, -0.2) is 18.4 Å². The van der Waals surface area contributed by atoms with E-state index in [1.807, 2.05) is 32.0 Å². The second kappa shape index (κ2) is 5.21. The number of hydrogen-bond donors (Lipinski definition) is 1. The Labute approximate surface area is 145 Å². The molecule has 1 aromatic carbocycles. The molecule has 2 heterocycles. The van der Waals surface area contributed by atoms with E-state index in [-0.39, 0.29) is 18.4 Å². The van der Waals surface area contributed by atoms with Crippen LogP contribution >= 0.6 is 11.6 Å². The molecule has 24 heavy (non-hydrogen) atoms. The maximum absolute atomic E-state index is 13.1. The van der Waals surface area contributed by atoms with E-state index in [1.54, 1.807) is 6.07 Å². The first-order chi connectivity index (χ1) is 11.4. The van der Waals surface area contributed by atoms with Gasteiger partial charge in [-0.2, -0.15) is 0 Å². The van der Waals surface area contributed by atoms with Crippen molar-refractivity contribution in [2.75, 3.05) is 6.61 Å². The summed E-state index contributed by atoms with van der Waals surface area (Å²) in [5.74, 6) is -0.672. The van der Waals surface area contributed by atoms with Crippen molar-refractivity contribution in [3.8, 4) is 0 Å². The molecule has 1 N–H and O–H groups in total. The molecule has 0 aromatic heterocycles. The number of dihydropyridines is 1. The van der Waals surface area contributed by atoms with Crippen LogP contribution in [-0.2, 0) is 14.3 Å². The number of benzene rings is 1. The third kappa shape index (κ3) is 2.20. The number of esters is 1. The molecule has 124 valence electrons. The Kier molecular flexibility index (Phi) is 3.36. The summed E-state index contributed by atoms with van der Waals surface area (Å²) in [4.78, 5) is 25.5. The van der Waals surface area contributed by atoms with E-state index in [9.17, 15) is 9.59 Å². The van der Waals surface area contributed by atoms with Crippen molar-refractivity contribution >= 4 is 23.4 Å². The highest BCUT2D eigenvalue weighted by molar-refractivity contribution is 6.30. The quantitative estimate of drug-likeness (QED) is 0.793. The van der Waals surface area contributed by atoms with Crippen LogP contribution in [0.5, 0.6) is 0 Å². The zero-order valence-corrected chi connectivity index (χ0v) is 14.4. The lowest BCUT2D eigenvalue weighted by Crippen LogP contribution is -2.39. The standard InChI is InChI=1S/C19H18ClNO3/c1-19(2)7-6-12-15(17(19)22)14(10-4-3-5-11(20)8-10)16-13(21-12)9-24-18(16)23/h3-5,8,14,21H,6-7,9H2,1-2H3. The van der Waals surface area contributed by atoms with Gasteiger partial charge in [-0.05, 0) is 30.5 Å². The average molecular weight is 344 g/mol. The zero-order chi connectivity index (χ0) is 17.1. The van der Waals surface area contributed by atoms with E-state index >= 15 is 0 Å². The minimum atomic E-state index is -0.433. The second-order valence-electron chi connectivity index (χ2n) is 7.19. The molecule has 2 aliphatic heterocycles. The summed E-state index contributed by atoms with van der Waals surface area (Å²) >= 11 is 6.16. The molecule has 0 fully saturated rings. The molecule has 0 saturated heterocycles. The molecule has 0 bridgehead atoms. The van der Waals surface area contributed by atoms with Crippen LogP contribution in [0.4, 0.5) is 0 Å². The van der Waals surface area contributed by atoms with Gasteiger partial charge in [0.2, 0.25) is 0 Å². The number of carbonyl (C=O) groups is 2. The number of ketones is 1. The van der Waals surface area contributed by atoms with Gasteiger partial charge in [-0.15, -0.1) is 0 Å². The van der Waals surface area contributed by atoms with E-state index in [2.05, 4.69) is 5.32 Å². The molecule has 3 aliphatic rings. The van der Waals surface area contributed by atoms with Gasteiger partial charge in [-0.1, -0.05) is 37.6 Å². The van der Waals surface area contributed by atoms with Crippen LogP contribution in [0.2, 0.25) is 5.02 Å². The monoisotopic (exact) mass is 343 g/mol. The lowest BCUT2D eigenvalue weighted by Gasteiger charge is -2.38. The van der Waals surface area contributed by atoms with Crippen LogP contribution in [0.15, 0.2) is 46.8 Å². The predicted octanol–water partition coefficient (Wildman–Crippen LogP) is 3.48. The first-order valence-corrected chi connectivity index (χ1v) is 8.47. The SMILES string of the molecule is CC1(C)CCC2=C(C1=O)C(c1cccc(Cl)c1)C1=C(COC1=O)N2. The van der Waals surface area contributed by atoms with Crippen LogP contribution in [0.25, 0.3) is 0 Å². The topological polar surface area (TPSA) is 55.4 Å². The molecule has 4 rings (SSSR count). The first-order valence-electron chi connectivity index (χ1n) is 8.09. The molecule has 4 nitrogen and oxygen atoms in total. The van der Waals surface area contributed by atoms with E-state index in [0.717, 1.165) is 29.8 Å². The van der Waals surface area contributed by atoms with Gasteiger partial charge in [0.05, 0.1) is 11.3 Å². The van der Waals surface area contributed by atoms with Crippen LogP contribution in [0, 0.1) is 5.41 Å². The van der Waals surface area contributed by atoms with Crippen LogP contribution in [0.3, 0.4) is 0 Å². The van der Waals surface area contributed by atoms with Gasteiger partial charge in [0.25, 0.3) is 0 Å². The largest absolute Gasteiger partial charge is 0.456 e. The van der Waals surface area contributed by atoms with Crippen LogP contribution < -0.4 is 5.32 Å². The highest BCUT2D eigenvalue weighted by atomic mass is 35.5. The Hall–Kier alpha value is -2.07. The maximum Gasteiger partial charge on any atom is 0.337 e. The van der Waals surface area contributed by atoms with Gasteiger partial charge in [-0.3, -0.25) is 4.79 Å². The molecule has 1 aromatic rings. The molecule has 5 heteroatoms. The number of ether oxygens (including phenoxy) is 1. The molecule has 0 spiro atoms. The second-order valence-corrected chi connectivity index (χ2v) is 7.62. The lowest BCUT2D eigenvalue weighted by molar-refractivity contribution is -0.136. The van der Waals surface area contributed by atoms with E-state index < -0.39 is 11.3 Å². The van der Waals surface area contributed by atoms with Gasteiger partial charge >= 0.3 is 5.97 Å². The molecule has 1 aliphatic carbocycles. The fourth-order valence-electron chi connectivity index (χ4n) is 3.78. The van der Waals surface area contributed by atoms with Gasteiger partial charge in [0, 0.05) is 27.6 Å².